The number of guanidine groups is 1. The van der Waals surface area contributed by atoms with Crippen LogP contribution in [-0.4, -0.2) is 31.1 Å². The molecular weight excluding hydrogens is 340 g/mol. The summed E-state index contributed by atoms with van der Waals surface area (Å²) in [5.41, 5.74) is 2.48. The molecule has 26 heavy (non-hydrogen) atoms. The molecular formula is C21H26N4S. The zero-order valence-electron chi connectivity index (χ0n) is 15.7. The lowest BCUT2D eigenvalue weighted by atomic mass is 10.1. The maximum Gasteiger partial charge on any atom is 0.191 e. The van der Waals surface area contributed by atoms with Crippen molar-refractivity contribution in [2.45, 2.75) is 26.7 Å². The fraction of sp³-hybridized carbons (Fsp3) is 0.333. The van der Waals surface area contributed by atoms with Crippen molar-refractivity contribution in [3.05, 3.63) is 63.6 Å². The Labute approximate surface area is 159 Å². The van der Waals surface area contributed by atoms with Gasteiger partial charge in [-0.15, -0.1) is 11.3 Å². The number of aryl methyl sites for hydroxylation is 2. The number of thiazole rings is 1. The summed E-state index contributed by atoms with van der Waals surface area (Å²) >= 11 is 1.78. The summed E-state index contributed by atoms with van der Waals surface area (Å²) in [5.74, 6) is 0.843. The molecule has 4 nitrogen and oxygen atoms in total. The van der Waals surface area contributed by atoms with Gasteiger partial charge in [-0.25, -0.2) is 4.98 Å². The number of nitrogens with one attached hydrogen (secondary N) is 2. The molecule has 0 saturated carbocycles. The molecule has 1 aromatic heterocycles. The van der Waals surface area contributed by atoms with Gasteiger partial charge in [0.2, 0.25) is 0 Å². The van der Waals surface area contributed by atoms with Crippen LogP contribution >= 0.6 is 11.3 Å². The molecule has 2 aromatic carbocycles. The largest absolute Gasteiger partial charge is 0.356 e. The smallest absolute Gasteiger partial charge is 0.191 e. The fourth-order valence-corrected chi connectivity index (χ4v) is 3.81. The minimum absolute atomic E-state index is 0.835. The first-order valence-electron chi connectivity index (χ1n) is 9.01. The highest BCUT2D eigenvalue weighted by Crippen LogP contribution is 2.17. The predicted molar refractivity (Wildman–Crippen MR) is 112 cm³/mol. The molecule has 0 saturated heterocycles. The Bertz CT molecular complexity index is 878. The van der Waals surface area contributed by atoms with E-state index in [1.807, 2.05) is 7.05 Å². The van der Waals surface area contributed by atoms with E-state index in [1.165, 1.54) is 26.2 Å². The van der Waals surface area contributed by atoms with Gasteiger partial charge < -0.3 is 10.6 Å². The van der Waals surface area contributed by atoms with E-state index in [9.17, 15) is 0 Å². The molecule has 0 amide bonds. The fourth-order valence-electron chi connectivity index (χ4n) is 2.87. The van der Waals surface area contributed by atoms with Gasteiger partial charge in [0, 0.05) is 31.4 Å². The first kappa shape index (κ1) is 18.4. The average Bonchev–Trinajstić information content (AvgIpc) is 2.98. The monoisotopic (exact) mass is 366 g/mol. The summed E-state index contributed by atoms with van der Waals surface area (Å²) < 4.78 is 0. The van der Waals surface area contributed by atoms with Crippen molar-refractivity contribution in [3.63, 3.8) is 0 Å². The number of aromatic nitrogens is 1. The number of benzene rings is 2. The second kappa shape index (κ2) is 8.81. The zero-order chi connectivity index (χ0) is 18.4. The Hall–Kier alpha value is -2.40. The topological polar surface area (TPSA) is 49.3 Å². The summed E-state index contributed by atoms with van der Waals surface area (Å²) in [4.78, 5) is 10.2. The third-order valence-electron chi connectivity index (χ3n) is 4.45. The molecule has 3 rings (SSSR count). The molecule has 136 valence electrons. The first-order valence-corrected chi connectivity index (χ1v) is 9.82. The van der Waals surface area contributed by atoms with Gasteiger partial charge >= 0.3 is 0 Å². The number of hydrogen-bond acceptors (Lipinski definition) is 3. The van der Waals surface area contributed by atoms with Gasteiger partial charge in [0.05, 0.1) is 10.7 Å². The minimum Gasteiger partial charge on any atom is -0.356 e. The third kappa shape index (κ3) is 4.82. The number of rotatable bonds is 6. The number of fused-ring (bicyclic) bond motifs is 1. The van der Waals surface area contributed by atoms with E-state index in [1.54, 1.807) is 11.3 Å². The van der Waals surface area contributed by atoms with Crippen LogP contribution < -0.4 is 10.6 Å². The lowest BCUT2D eigenvalue weighted by Crippen LogP contribution is -2.39. The molecule has 0 atom stereocenters. The summed E-state index contributed by atoms with van der Waals surface area (Å²) in [6, 6.07) is 15.1. The van der Waals surface area contributed by atoms with Gasteiger partial charge in [-0.05, 0) is 36.6 Å². The van der Waals surface area contributed by atoms with Gasteiger partial charge in [0.25, 0.3) is 0 Å². The highest BCUT2D eigenvalue weighted by Gasteiger charge is 2.04. The second-order valence-corrected chi connectivity index (χ2v) is 7.64. The lowest BCUT2D eigenvalue weighted by Gasteiger charge is -2.11. The van der Waals surface area contributed by atoms with E-state index < -0.39 is 0 Å². The van der Waals surface area contributed by atoms with E-state index in [-0.39, 0.29) is 0 Å². The van der Waals surface area contributed by atoms with Crippen molar-refractivity contribution in [2.24, 2.45) is 4.99 Å². The van der Waals surface area contributed by atoms with Crippen LogP contribution in [0.5, 0.6) is 0 Å². The van der Waals surface area contributed by atoms with Crippen LogP contribution in [0.1, 0.15) is 21.1 Å². The van der Waals surface area contributed by atoms with Gasteiger partial charge in [0.1, 0.15) is 0 Å². The Morgan fingerprint density at radius 2 is 1.73 bits per heavy atom. The molecule has 0 aliphatic rings. The summed E-state index contributed by atoms with van der Waals surface area (Å²) in [7, 11) is 1.81. The maximum absolute atomic E-state index is 4.58. The Morgan fingerprint density at radius 3 is 2.42 bits per heavy atom. The number of nitrogens with zero attached hydrogens (tertiary/aromatic N) is 2. The molecule has 0 bridgehead atoms. The number of hydrogen-bond donors (Lipinski definition) is 2. The van der Waals surface area contributed by atoms with Crippen LogP contribution in [0.15, 0.2) is 47.5 Å². The van der Waals surface area contributed by atoms with Crippen molar-refractivity contribution in [3.8, 4) is 0 Å². The Morgan fingerprint density at radius 1 is 1.00 bits per heavy atom. The van der Waals surface area contributed by atoms with Crippen LogP contribution in [0.3, 0.4) is 0 Å². The van der Waals surface area contributed by atoms with E-state index in [0.717, 1.165) is 37.6 Å². The molecule has 1 heterocycles. The summed E-state index contributed by atoms with van der Waals surface area (Å²) in [5, 5.41) is 10.5. The SMILES string of the molecule is CN=C(NCCc1ccc2ccccc2c1)NCCc1nc(C)c(C)s1. The van der Waals surface area contributed by atoms with Crippen LogP contribution in [0.2, 0.25) is 0 Å². The highest BCUT2D eigenvalue weighted by molar-refractivity contribution is 7.11. The van der Waals surface area contributed by atoms with Crippen molar-refractivity contribution in [1.82, 2.24) is 15.6 Å². The normalized spacial score (nSPS) is 11.7. The van der Waals surface area contributed by atoms with Crippen molar-refractivity contribution < 1.29 is 0 Å². The van der Waals surface area contributed by atoms with E-state index in [4.69, 9.17) is 0 Å². The lowest BCUT2D eigenvalue weighted by molar-refractivity contribution is 0.781. The van der Waals surface area contributed by atoms with E-state index in [0.29, 0.717) is 0 Å². The van der Waals surface area contributed by atoms with Crippen molar-refractivity contribution in [1.29, 1.82) is 0 Å². The van der Waals surface area contributed by atoms with E-state index >= 15 is 0 Å². The second-order valence-electron chi connectivity index (χ2n) is 6.36. The van der Waals surface area contributed by atoms with E-state index in [2.05, 4.69) is 76.9 Å². The Kier molecular flexibility index (Phi) is 6.23. The molecule has 2 N–H and O–H groups in total. The molecule has 3 aromatic rings. The molecule has 5 heteroatoms. The molecule has 0 fully saturated rings. The van der Waals surface area contributed by atoms with Crippen molar-refractivity contribution in [2.75, 3.05) is 20.1 Å². The van der Waals surface area contributed by atoms with Crippen LogP contribution in [0, 0.1) is 13.8 Å². The quantitative estimate of drug-likeness (QED) is 0.514. The maximum atomic E-state index is 4.58. The van der Waals surface area contributed by atoms with Crippen molar-refractivity contribution >= 4 is 28.1 Å². The van der Waals surface area contributed by atoms with Crippen LogP contribution in [0.25, 0.3) is 10.8 Å². The van der Waals surface area contributed by atoms with Crippen LogP contribution in [-0.2, 0) is 12.8 Å². The molecule has 0 spiro atoms. The third-order valence-corrected chi connectivity index (χ3v) is 5.58. The summed E-state index contributed by atoms with van der Waals surface area (Å²) in [6.45, 7) is 5.88. The van der Waals surface area contributed by atoms with Gasteiger partial charge in [-0.2, -0.15) is 0 Å². The molecule has 0 radical (unpaired) electrons. The predicted octanol–water partition coefficient (Wildman–Crippen LogP) is 3.86. The molecule has 0 aliphatic carbocycles. The van der Waals surface area contributed by atoms with Gasteiger partial charge in [-0.1, -0.05) is 42.5 Å². The average molecular weight is 367 g/mol. The standard InChI is InChI=1S/C21H26N4S/c1-15-16(2)26-20(25-15)11-13-24-21(22-3)23-12-10-17-8-9-18-6-4-5-7-19(18)14-17/h4-9,14H,10-13H2,1-3H3,(H2,22,23,24). The molecule has 0 unspecified atom stereocenters. The summed E-state index contributed by atoms with van der Waals surface area (Å²) in [6.07, 6.45) is 1.89. The van der Waals surface area contributed by atoms with Crippen LogP contribution in [0.4, 0.5) is 0 Å². The zero-order valence-corrected chi connectivity index (χ0v) is 16.5. The van der Waals surface area contributed by atoms with Gasteiger partial charge in [0.15, 0.2) is 5.96 Å². The minimum atomic E-state index is 0.835. The first-order chi connectivity index (χ1) is 12.7. The van der Waals surface area contributed by atoms with Gasteiger partial charge in [-0.3, -0.25) is 4.99 Å². The Balaban J connectivity index is 1.44. The number of aliphatic imine (C=N–C) groups is 1. The highest BCUT2D eigenvalue weighted by atomic mass is 32.1. The molecule has 0 aliphatic heterocycles.